The summed E-state index contributed by atoms with van der Waals surface area (Å²) in [7, 11) is 0. The minimum atomic E-state index is 0.237. The van der Waals surface area contributed by atoms with Gasteiger partial charge in [-0.2, -0.15) is 0 Å². The summed E-state index contributed by atoms with van der Waals surface area (Å²) in [4.78, 5) is 0. The van der Waals surface area contributed by atoms with Gasteiger partial charge in [-0.1, -0.05) is 32.9 Å². The molecule has 1 rings (SSSR count). The molecule has 1 N–H and O–H groups in total. The maximum Gasteiger partial charge on any atom is 0.119 e. The summed E-state index contributed by atoms with van der Waals surface area (Å²) >= 11 is 0. The van der Waals surface area contributed by atoms with Crippen LogP contribution in [-0.2, 0) is 0 Å². The van der Waals surface area contributed by atoms with Crippen molar-refractivity contribution in [3.05, 3.63) is 29.8 Å². The van der Waals surface area contributed by atoms with Gasteiger partial charge < -0.3 is 10.1 Å². The topological polar surface area (TPSA) is 21.3 Å². The molecule has 0 bridgehead atoms. The van der Waals surface area contributed by atoms with E-state index in [1.54, 1.807) is 0 Å². The Labute approximate surface area is 118 Å². The van der Waals surface area contributed by atoms with E-state index in [0.717, 1.165) is 18.8 Å². The fraction of sp³-hybridized carbons (Fsp3) is 0.647. The molecule has 2 heteroatoms. The summed E-state index contributed by atoms with van der Waals surface area (Å²) < 4.78 is 5.68. The SMILES string of the molecule is CCCNCC(C)C(C)c1ccc(OC(C)C)cc1. The number of benzene rings is 1. The van der Waals surface area contributed by atoms with Crippen molar-refractivity contribution in [2.75, 3.05) is 13.1 Å². The maximum absolute atomic E-state index is 5.68. The van der Waals surface area contributed by atoms with E-state index in [1.165, 1.54) is 12.0 Å². The maximum atomic E-state index is 5.68. The molecule has 0 aliphatic carbocycles. The average molecular weight is 263 g/mol. The predicted octanol–water partition coefficient (Wildman–Crippen LogP) is 4.21. The van der Waals surface area contributed by atoms with Gasteiger partial charge in [0.2, 0.25) is 0 Å². The van der Waals surface area contributed by atoms with E-state index in [1.807, 2.05) is 0 Å². The Morgan fingerprint density at radius 3 is 2.21 bits per heavy atom. The molecule has 2 atom stereocenters. The van der Waals surface area contributed by atoms with E-state index in [0.29, 0.717) is 11.8 Å². The lowest BCUT2D eigenvalue weighted by molar-refractivity contribution is 0.242. The molecule has 0 radical (unpaired) electrons. The van der Waals surface area contributed by atoms with Gasteiger partial charge in [0.25, 0.3) is 0 Å². The Morgan fingerprint density at radius 2 is 1.68 bits per heavy atom. The van der Waals surface area contributed by atoms with Crippen molar-refractivity contribution in [3.63, 3.8) is 0 Å². The Hall–Kier alpha value is -1.02. The molecule has 108 valence electrons. The number of ether oxygens (including phenoxy) is 1. The first-order valence-corrected chi connectivity index (χ1v) is 7.52. The number of rotatable bonds is 8. The van der Waals surface area contributed by atoms with Gasteiger partial charge in [0.15, 0.2) is 0 Å². The summed E-state index contributed by atoms with van der Waals surface area (Å²) in [5.41, 5.74) is 1.39. The fourth-order valence-electron chi connectivity index (χ4n) is 2.13. The van der Waals surface area contributed by atoms with Crippen molar-refractivity contribution in [2.45, 2.75) is 53.1 Å². The lowest BCUT2D eigenvalue weighted by atomic mass is 9.89. The highest BCUT2D eigenvalue weighted by molar-refractivity contribution is 5.29. The smallest absolute Gasteiger partial charge is 0.119 e. The van der Waals surface area contributed by atoms with E-state index in [2.05, 4.69) is 64.2 Å². The standard InChI is InChI=1S/C17H29NO/c1-6-11-18-12-14(4)15(5)16-7-9-17(10-8-16)19-13(2)3/h7-10,13-15,18H,6,11-12H2,1-5H3. The number of hydrogen-bond acceptors (Lipinski definition) is 2. The second-order valence-corrected chi connectivity index (χ2v) is 5.71. The zero-order valence-corrected chi connectivity index (χ0v) is 13.1. The van der Waals surface area contributed by atoms with Crippen LogP contribution in [0, 0.1) is 5.92 Å². The van der Waals surface area contributed by atoms with Crippen molar-refractivity contribution < 1.29 is 4.74 Å². The first-order valence-electron chi connectivity index (χ1n) is 7.52. The zero-order valence-electron chi connectivity index (χ0n) is 13.1. The van der Waals surface area contributed by atoms with Crippen LogP contribution >= 0.6 is 0 Å². The van der Waals surface area contributed by atoms with Crippen molar-refractivity contribution in [2.24, 2.45) is 5.92 Å². The third kappa shape index (κ3) is 5.65. The highest BCUT2D eigenvalue weighted by Gasteiger charge is 2.14. The van der Waals surface area contributed by atoms with E-state index < -0.39 is 0 Å². The molecule has 2 unspecified atom stereocenters. The molecule has 0 fully saturated rings. The van der Waals surface area contributed by atoms with E-state index >= 15 is 0 Å². The van der Waals surface area contributed by atoms with Gasteiger partial charge in [-0.15, -0.1) is 0 Å². The molecule has 0 aliphatic heterocycles. The lowest BCUT2D eigenvalue weighted by Crippen LogP contribution is -2.25. The fourth-order valence-corrected chi connectivity index (χ4v) is 2.13. The third-order valence-corrected chi connectivity index (χ3v) is 3.52. The molecular weight excluding hydrogens is 234 g/mol. The Bertz CT molecular complexity index is 345. The molecule has 0 spiro atoms. The van der Waals surface area contributed by atoms with Gasteiger partial charge in [0.1, 0.15) is 5.75 Å². The van der Waals surface area contributed by atoms with Gasteiger partial charge in [0.05, 0.1) is 6.10 Å². The van der Waals surface area contributed by atoms with Crippen LogP contribution < -0.4 is 10.1 Å². The molecule has 0 saturated heterocycles. The van der Waals surface area contributed by atoms with Crippen LogP contribution in [0.25, 0.3) is 0 Å². The third-order valence-electron chi connectivity index (χ3n) is 3.52. The minimum Gasteiger partial charge on any atom is -0.491 e. The van der Waals surface area contributed by atoms with Gasteiger partial charge in [-0.3, -0.25) is 0 Å². The molecule has 2 nitrogen and oxygen atoms in total. The van der Waals surface area contributed by atoms with Crippen LogP contribution in [-0.4, -0.2) is 19.2 Å². The quantitative estimate of drug-likeness (QED) is 0.709. The van der Waals surface area contributed by atoms with Gasteiger partial charge in [0, 0.05) is 0 Å². The molecule has 19 heavy (non-hydrogen) atoms. The summed E-state index contributed by atoms with van der Waals surface area (Å²) in [6, 6.07) is 8.55. The highest BCUT2D eigenvalue weighted by atomic mass is 16.5. The Kier molecular flexibility index (Phi) is 6.93. The molecule has 1 aromatic rings. The van der Waals surface area contributed by atoms with E-state index in [-0.39, 0.29) is 6.10 Å². The van der Waals surface area contributed by atoms with Crippen molar-refractivity contribution in [1.82, 2.24) is 5.32 Å². The van der Waals surface area contributed by atoms with Crippen LogP contribution in [0.1, 0.15) is 52.5 Å². The lowest BCUT2D eigenvalue weighted by Gasteiger charge is -2.21. The van der Waals surface area contributed by atoms with Gasteiger partial charge in [-0.25, -0.2) is 0 Å². The first-order chi connectivity index (χ1) is 9.04. The molecular formula is C17H29NO. The number of hydrogen-bond donors (Lipinski definition) is 1. The number of nitrogens with one attached hydrogen (secondary N) is 1. The molecule has 0 heterocycles. The van der Waals surface area contributed by atoms with E-state index in [4.69, 9.17) is 4.74 Å². The average Bonchev–Trinajstić information content (AvgIpc) is 2.38. The molecule has 1 aromatic carbocycles. The molecule has 0 aliphatic rings. The van der Waals surface area contributed by atoms with Crippen LogP contribution in [0.3, 0.4) is 0 Å². The van der Waals surface area contributed by atoms with Crippen molar-refractivity contribution in [1.29, 1.82) is 0 Å². The van der Waals surface area contributed by atoms with Crippen LogP contribution in [0.15, 0.2) is 24.3 Å². The highest BCUT2D eigenvalue weighted by Crippen LogP contribution is 2.25. The Morgan fingerprint density at radius 1 is 1.05 bits per heavy atom. The van der Waals surface area contributed by atoms with Crippen LogP contribution in [0.4, 0.5) is 0 Å². The summed E-state index contributed by atoms with van der Waals surface area (Å²) in [6.07, 6.45) is 1.43. The van der Waals surface area contributed by atoms with E-state index in [9.17, 15) is 0 Å². The molecule has 0 saturated carbocycles. The van der Waals surface area contributed by atoms with Crippen LogP contribution in [0.5, 0.6) is 5.75 Å². The summed E-state index contributed by atoms with van der Waals surface area (Å²) in [5, 5.41) is 3.50. The molecule has 0 amide bonds. The zero-order chi connectivity index (χ0) is 14.3. The second-order valence-electron chi connectivity index (χ2n) is 5.71. The molecule has 0 aromatic heterocycles. The monoisotopic (exact) mass is 263 g/mol. The summed E-state index contributed by atoms with van der Waals surface area (Å²) in [6.45, 7) is 13.1. The Balaban J connectivity index is 2.54. The van der Waals surface area contributed by atoms with Gasteiger partial charge in [-0.05, 0) is 62.9 Å². The second kappa shape index (κ2) is 8.21. The minimum absolute atomic E-state index is 0.237. The van der Waals surface area contributed by atoms with Gasteiger partial charge >= 0.3 is 0 Å². The predicted molar refractivity (Wildman–Crippen MR) is 82.9 cm³/mol. The summed E-state index contributed by atoms with van der Waals surface area (Å²) in [5.74, 6) is 2.17. The van der Waals surface area contributed by atoms with Crippen molar-refractivity contribution in [3.8, 4) is 5.75 Å². The first kappa shape index (κ1) is 16.0. The van der Waals surface area contributed by atoms with Crippen LogP contribution in [0.2, 0.25) is 0 Å². The van der Waals surface area contributed by atoms with Crippen molar-refractivity contribution >= 4 is 0 Å². The normalized spacial score (nSPS) is 14.4. The largest absolute Gasteiger partial charge is 0.491 e.